The normalized spacial score (nSPS) is 20.2. The van der Waals surface area contributed by atoms with Gasteiger partial charge >= 0.3 is 0 Å². The van der Waals surface area contributed by atoms with Crippen LogP contribution >= 0.6 is 12.2 Å². The summed E-state index contributed by atoms with van der Waals surface area (Å²) in [6.45, 7) is 0. The summed E-state index contributed by atoms with van der Waals surface area (Å²) in [5, 5.41) is 13.6. The van der Waals surface area contributed by atoms with E-state index in [2.05, 4.69) is 20.2 Å². The van der Waals surface area contributed by atoms with Gasteiger partial charge in [-0.2, -0.15) is 0 Å². The fourth-order valence-electron chi connectivity index (χ4n) is 3.09. The first-order chi connectivity index (χ1) is 11.7. The number of pyridine rings is 1. The van der Waals surface area contributed by atoms with Crippen molar-refractivity contribution in [3.8, 4) is 5.75 Å². The van der Waals surface area contributed by atoms with Crippen LogP contribution in [0.25, 0.3) is 0 Å². The van der Waals surface area contributed by atoms with Gasteiger partial charge in [-0.05, 0) is 60.7 Å². The molecule has 0 unspecified atom stereocenters. The van der Waals surface area contributed by atoms with Gasteiger partial charge in [0.1, 0.15) is 11.8 Å². The van der Waals surface area contributed by atoms with Gasteiger partial charge in [0.15, 0.2) is 5.11 Å². The molecule has 3 N–H and O–H groups in total. The van der Waals surface area contributed by atoms with E-state index in [0.717, 1.165) is 17.1 Å². The van der Waals surface area contributed by atoms with E-state index in [1.54, 1.807) is 18.3 Å². The molecule has 1 aliphatic rings. The van der Waals surface area contributed by atoms with Crippen LogP contribution in [0.4, 0.5) is 5.69 Å². The number of phenols is 1. The van der Waals surface area contributed by atoms with Crippen LogP contribution in [-0.4, -0.2) is 20.2 Å². The van der Waals surface area contributed by atoms with Crippen LogP contribution in [0.3, 0.4) is 0 Å². The van der Waals surface area contributed by atoms with Crippen LogP contribution in [0.1, 0.15) is 23.5 Å². The first-order valence-electron chi connectivity index (χ1n) is 7.67. The number of H-pyrrole nitrogens is 1. The van der Waals surface area contributed by atoms with Crippen molar-refractivity contribution >= 4 is 23.0 Å². The van der Waals surface area contributed by atoms with E-state index in [-0.39, 0.29) is 17.8 Å². The molecule has 2 aromatic heterocycles. The molecule has 1 saturated heterocycles. The van der Waals surface area contributed by atoms with E-state index in [0.29, 0.717) is 5.11 Å². The molecule has 2 atom stereocenters. The Kier molecular flexibility index (Phi) is 3.66. The van der Waals surface area contributed by atoms with Crippen LogP contribution in [0.2, 0.25) is 0 Å². The molecule has 0 saturated carbocycles. The van der Waals surface area contributed by atoms with Gasteiger partial charge in [-0.3, -0.25) is 4.98 Å². The largest absolute Gasteiger partial charge is 0.508 e. The van der Waals surface area contributed by atoms with Gasteiger partial charge in [-0.1, -0.05) is 6.07 Å². The molecule has 0 radical (unpaired) electrons. The van der Waals surface area contributed by atoms with Gasteiger partial charge in [0, 0.05) is 23.8 Å². The van der Waals surface area contributed by atoms with Crippen molar-refractivity contribution in [2.24, 2.45) is 0 Å². The lowest BCUT2D eigenvalue weighted by Gasteiger charge is -2.27. The molecule has 6 heteroatoms. The lowest BCUT2D eigenvalue weighted by molar-refractivity contribution is 0.475. The third-order valence-electron chi connectivity index (χ3n) is 4.17. The number of nitrogens with one attached hydrogen (secondary N) is 2. The number of thiocarbonyl (C=S) groups is 1. The fourth-order valence-corrected chi connectivity index (χ4v) is 3.44. The summed E-state index contributed by atoms with van der Waals surface area (Å²) >= 11 is 5.59. The highest BCUT2D eigenvalue weighted by Crippen LogP contribution is 2.40. The standard InChI is InChI=1S/C18H16N4OS/c23-13-8-6-12(7-9-13)22-17(15-5-3-11-20-15)16(21-18(22)24)14-4-1-2-10-19-14/h1-11,16-17,20,23H,(H,21,24)/t16-,17+/m0/s1. The first-order valence-corrected chi connectivity index (χ1v) is 8.08. The Balaban J connectivity index is 1.80. The SMILES string of the molecule is Oc1ccc(N2C(=S)N[C@@H](c3ccccn3)[C@H]2c2ccc[nH]2)cc1. The van der Waals surface area contributed by atoms with Crippen LogP contribution < -0.4 is 10.2 Å². The summed E-state index contributed by atoms with van der Waals surface area (Å²) in [5.41, 5.74) is 2.90. The van der Waals surface area contributed by atoms with Gasteiger partial charge in [0.2, 0.25) is 0 Å². The maximum Gasteiger partial charge on any atom is 0.174 e. The monoisotopic (exact) mass is 336 g/mol. The van der Waals surface area contributed by atoms with E-state index in [4.69, 9.17) is 12.2 Å². The van der Waals surface area contributed by atoms with Crippen molar-refractivity contribution in [2.75, 3.05) is 4.90 Å². The minimum Gasteiger partial charge on any atom is -0.508 e. The van der Waals surface area contributed by atoms with Gasteiger partial charge < -0.3 is 20.3 Å². The van der Waals surface area contributed by atoms with E-state index in [1.165, 1.54) is 0 Å². The zero-order chi connectivity index (χ0) is 16.5. The van der Waals surface area contributed by atoms with E-state index < -0.39 is 0 Å². The van der Waals surface area contributed by atoms with Gasteiger partial charge in [0.05, 0.1) is 11.7 Å². The minimum absolute atomic E-state index is 0.0491. The highest BCUT2D eigenvalue weighted by Gasteiger charge is 2.41. The Hall–Kier alpha value is -2.86. The Bertz CT molecular complexity index is 833. The molecule has 0 bridgehead atoms. The third kappa shape index (κ3) is 2.51. The summed E-state index contributed by atoms with van der Waals surface area (Å²) < 4.78 is 0. The molecule has 0 aliphatic carbocycles. The molecule has 5 nitrogen and oxygen atoms in total. The average molecular weight is 336 g/mol. The highest BCUT2D eigenvalue weighted by atomic mass is 32.1. The zero-order valence-corrected chi connectivity index (χ0v) is 13.6. The molecule has 24 heavy (non-hydrogen) atoms. The van der Waals surface area contributed by atoms with Crippen molar-refractivity contribution in [2.45, 2.75) is 12.1 Å². The van der Waals surface area contributed by atoms with Crippen LogP contribution in [-0.2, 0) is 0 Å². The summed E-state index contributed by atoms with van der Waals surface area (Å²) in [4.78, 5) is 9.84. The predicted molar refractivity (Wildman–Crippen MR) is 96.8 cm³/mol. The number of nitrogens with zero attached hydrogens (tertiary/aromatic N) is 2. The number of hydrogen-bond donors (Lipinski definition) is 3. The van der Waals surface area contributed by atoms with E-state index in [1.807, 2.05) is 48.7 Å². The topological polar surface area (TPSA) is 64.2 Å². The Morgan fingerprint density at radius 3 is 2.54 bits per heavy atom. The number of hydrogen-bond acceptors (Lipinski definition) is 3. The number of rotatable bonds is 3. The first kappa shape index (κ1) is 14.7. The van der Waals surface area contributed by atoms with Crippen molar-refractivity contribution in [1.29, 1.82) is 0 Å². The summed E-state index contributed by atoms with van der Waals surface area (Å²) in [6, 6.07) is 16.8. The van der Waals surface area contributed by atoms with Crippen molar-refractivity contribution in [3.05, 3.63) is 78.4 Å². The maximum absolute atomic E-state index is 9.56. The Labute approximate surface area is 145 Å². The number of aromatic hydroxyl groups is 1. The number of aromatic amines is 1. The van der Waals surface area contributed by atoms with Crippen LogP contribution in [0.5, 0.6) is 5.75 Å². The van der Waals surface area contributed by atoms with E-state index in [9.17, 15) is 5.11 Å². The summed E-state index contributed by atoms with van der Waals surface area (Å²) in [6.07, 6.45) is 3.69. The fraction of sp³-hybridized carbons (Fsp3) is 0.111. The summed E-state index contributed by atoms with van der Waals surface area (Å²) in [5.74, 6) is 0.231. The predicted octanol–water partition coefficient (Wildman–Crippen LogP) is 3.29. The number of aromatic nitrogens is 2. The quantitative estimate of drug-likeness (QED) is 0.641. The highest BCUT2D eigenvalue weighted by molar-refractivity contribution is 7.80. The molecule has 1 aliphatic heterocycles. The molecular formula is C18H16N4OS. The van der Waals surface area contributed by atoms with E-state index >= 15 is 0 Å². The molecule has 3 aromatic rings. The number of anilines is 1. The molecular weight excluding hydrogens is 320 g/mol. The van der Waals surface area contributed by atoms with Crippen molar-refractivity contribution < 1.29 is 5.11 Å². The average Bonchev–Trinajstić information content (AvgIpc) is 3.24. The second-order valence-corrected chi connectivity index (χ2v) is 6.03. The summed E-state index contributed by atoms with van der Waals surface area (Å²) in [7, 11) is 0. The lowest BCUT2D eigenvalue weighted by atomic mass is 10.0. The molecule has 0 spiro atoms. The second-order valence-electron chi connectivity index (χ2n) is 5.64. The third-order valence-corrected chi connectivity index (χ3v) is 4.48. The van der Waals surface area contributed by atoms with Gasteiger partial charge in [-0.15, -0.1) is 0 Å². The minimum atomic E-state index is -0.0637. The van der Waals surface area contributed by atoms with Crippen molar-refractivity contribution in [3.63, 3.8) is 0 Å². The van der Waals surface area contributed by atoms with Gasteiger partial charge in [-0.25, -0.2) is 0 Å². The van der Waals surface area contributed by atoms with Crippen LogP contribution in [0.15, 0.2) is 67.0 Å². The molecule has 1 fully saturated rings. The molecule has 3 heterocycles. The maximum atomic E-state index is 9.56. The zero-order valence-electron chi connectivity index (χ0n) is 12.8. The Morgan fingerprint density at radius 1 is 1.04 bits per heavy atom. The molecule has 120 valence electrons. The Morgan fingerprint density at radius 2 is 1.88 bits per heavy atom. The van der Waals surface area contributed by atoms with Crippen LogP contribution in [0, 0.1) is 0 Å². The molecule has 1 aromatic carbocycles. The number of benzene rings is 1. The lowest BCUT2D eigenvalue weighted by Crippen LogP contribution is -2.29. The second kappa shape index (κ2) is 5.98. The molecule has 0 amide bonds. The molecule has 4 rings (SSSR count). The van der Waals surface area contributed by atoms with Gasteiger partial charge in [0.25, 0.3) is 0 Å². The number of phenolic OH excluding ortho intramolecular Hbond substituents is 1. The smallest absolute Gasteiger partial charge is 0.174 e. The van der Waals surface area contributed by atoms with Crippen molar-refractivity contribution in [1.82, 2.24) is 15.3 Å².